The molecule has 1 aliphatic heterocycles. The molecule has 0 saturated carbocycles. The average Bonchev–Trinajstić information content (AvgIpc) is 2.42. The van der Waals surface area contributed by atoms with Gasteiger partial charge in [0.1, 0.15) is 12.7 Å². The molecule has 5 unspecified atom stereocenters. The van der Waals surface area contributed by atoms with Crippen molar-refractivity contribution in [1.82, 2.24) is 0 Å². The van der Waals surface area contributed by atoms with Crippen LogP contribution in [0, 0.1) is 0 Å². The fourth-order valence-electron chi connectivity index (χ4n) is 2.21. The van der Waals surface area contributed by atoms with Crippen LogP contribution in [0.4, 0.5) is 0 Å². The van der Waals surface area contributed by atoms with Gasteiger partial charge in [-0.1, -0.05) is 0 Å². The maximum Gasteiger partial charge on any atom is 0.305 e. The van der Waals surface area contributed by atoms with Crippen molar-refractivity contribution >= 4 is 23.9 Å². The molecule has 0 aromatic heterocycles. The summed E-state index contributed by atoms with van der Waals surface area (Å²) in [6, 6.07) is -1.06. The van der Waals surface area contributed by atoms with Gasteiger partial charge in [0.15, 0.2) is 12.2 Å². The van der Waals surface area contributed by atoms with Crippen LogP contribution in [-0.4, -0.2) is 61.1 Å². The normalized spacial score (nSPS) is 29.3. The summed E-state index contributed by atoms with van der Waals surface area (Å²) >= 11 is 0. The second-order valence-electron chi connectivity index (χ2n) is 5.18. The molecule has 0 aliphatic carbocycles. The summed E-state index contributed by atoms with van der Waals surface area (Å²) in [5, 5.41) is 0. The van der Waals surface area contributed by atoms with Gasteiger partial charge >= 0.3 is 23.9 Å². The maximum atomic E-state index is 11.3. The van der Waals surface area contributed by atoms with Gasteiger partial charge in [0.2, 0.25) is 6.29 Å². The Morgan fingerprint density at radius 3 is 1.79 bits per heavy atom. The molecule has 0 aromatic rings. The van der Waals surface area contributed by atoms with Crippen LogP contribution in [0.3, 0.4) is 0 Å². The van der Waals surface area contributed by atoms with Crippen LogP contribution < -0.4 is 5.73 Å². The number of carbonyl (C=O) groups excluding carboxylic acids is 4. The lowest BCUT2D eigenvalue weighted by Gasteiger charge is -2.42. The second kappa shape index (κ2) is 8.60. The summed E-state index contributed by atoms with van der Waals surface area (Å²) in [6.07, 6.45) is -4.58. The highest BCUT2D eigenvalue weighted by atomic mass is 16.7. The lowest BCUT2D eigenvalue weighted by Crippen LogP contribution is -2.65. The molecular formula is C14H21NO9. The van der Waals surface area contributed by atoms with Gasteiger partial charge in [0, 0.05) is 27.7 Å². The molecule has 1 saturated heterocycles. The predicted molar refractivity (Wildman–Crippen MR) is 76.1 cm³/mol. The summed E-state index contributed by atoms with van der Waals surface area (Å²) in [5.74, 6) is -2.61. The molecule has 10 heteroatoms. The van der Waals surface area contributed by atoms with Crippen LogP contribution in [0.1, 0.15) is 27.7 Å². The molecule has 10 nitrogen and oxygen atoms in total. The van der Waals surface area contributed by atoms with Gasteiger partial charge in [-0.2, -0.15) is 0 Å². The van der Waals surface area contributed by atoms with Gasteiger partial charge in [-0.15, -0.1) is 0 Å². The van der Waals surface area contributed by atoms with Gasteiger partial charge in [-0.05, 0) is 0 Å². The monoisotopic (exact) mass is 347 g/mol. The first-order valence-corrected chi connectivity index (χ1v) is 7.18. The Morgan fingerprint density at radius 1 is 0.833 bits per heavy atom. The van der Waals surface area contributed by atoms with Crippen molar-refractivity contribution in [3.63, 3.8) is 0 Å². The van der Waals surface area contributed by atoms with Gasteiger partial charge in [0.25, 0.3) is 0 Å². The van der Waals surface area contributed by atoms with E-state index in [0.717, 1.165) is 20.8 Å². The first-order valence-electron chi connectivity index (χ1n) is 7.18. The molecule has 1 aliphatic rings. The van der Waals surface area contributed by atoms with Crippen LogP contribution >= 0.6 is 0 Å². The van der Waals surface area contributed by atoms with Crippen LogP contribution in [0.25, 0.3) is 0 Å². The molecule has 1 fully saturated rings. The molecular weight excluding hydrogens is 326 g/mol. The van der Waals surface area contributed by atoms with Crippen LogP contribution in [-0.2, 0) is 42.9 Å². The summed E-state index contributed by atoms with van der Waals surface area (Å²) in [6.45, 7) is 4.34. The van der Waals surface area contributed by atoms with Gasteiger partial charge in [0.05, 0.1) is 6.04 Å². The maximum absolute atomic E-state index is 11.3. The summed E-state index contributed by atoms with van der Waals surface area (Å²) in [7, 11) is 0. The molecule has 136 valence electrons. The number of esters is 4. The number of hydrogen-bond acceptors (Lipinski definition) is 10. The Balaban J connectivity index is 3.04. The van der Waals surface area contributed by atoms with Crippen LogP contribution in [0.15, 0.2) is 0 Å². The Labute approximate surface area is 138 Å². The minimum atomic E-state index is -1.33. The largest absolute Gasteiger partial charge is 0.463 e. The van der Waals surface area contributed by atoms with E-state index in [2.05, 4.69) is 0 Å². The van der Waals surface area contributed by atoms with Gasteiger partial charge in [-0.25, -0.2) is 0 Å². The molecule has 0 aromatic carbocycles. The first-order chi connectivity index (χ1) is 11.1. The molecule has 24 heavy (non-hydrogen) atoms. The highest BCUT2D eigenvalue weighted by molar-refractivity contribution is 5.68. The summed E-state index contributed by atoms with van der Waals surface area (Å²) in [5.41, 5.74) is 6.02. The number of carbonyl (C=O) groups is 4. The number of nitrogens with two attached hydrogens (primary N) is 1. The van der Waals surface area contributed by atoms with E-state index in [4.69, 9.17) is 29.4 Å². The zero-order valence-electron chi connectivity index (χ0n) is 13.8. The highest BCUT2D eigenvalue weighted by Gasteiger charge is 2.49. The standard InChI is InChI=1S/C14H21NO9/c1-6(16)20-5-10-12(21-7(2)17)11(15)13(22-8(3)18)14(24-10)23-9(4)19/h10-14H,5,15H2,1-4H3. The van der Waals surface area contributed by atoms with Crippen LogP contribution in [0.5, 0.6) is 0 Å². The molecule has 1 heterocycles. The van der Waals surface area contributed by atoms with Crippen molar-refractivity contribution in [2.24, 2.45) is 5.73 Å². The van der Waals surface area contributed by atoms with E-state index < -0.39 is 54.5 Å². The van der Waals surface area contributed by atoms with E-state index in [1.54, 1.807) is 0 Å². The van der Waals surface area contributed by atoms with Crippen molar-refractivity contribution in [3.8, 4) is 0 Å². The van der Waals surface area contributed by atoms with E-state index >= 15 is 0 Å². The van der Waals surface area contributed by atoms with Crippen molar-refractivity contribution in [3.05, 3.63) is 0 Å². The van der Waals surface area contributed by atoms with Crippen molar-refractivity contribution in [2.75, 3.05) is 6.61 Å². The summed E-state index contributed by atoms with van der Waals surface area (Å²) in [4.78, 5) is 44.8. The van der Waals surface area contributed by atoms with E-state index in [1.165, 1.54) is 6.92 Å². The lowest BCUT2D eigenvalue weighted by molar-refractivity contribution is -0.275. The Kier molecular flexibility index (Phi) is 7.11. The van der Waals surface area contributed by atoms with E-state index in [1.807, 2.05) is 0 Å². The van der Waals surface area contributed by atoms with Crippen molar-refractivity contribution in [2.45, 2.75) is 58.3 Å². The highest BCUT2D eigenvalue weighted by Crippen LogP contribution is 2.26. The second-order valence-corrected chi connectivity index (χ2v) is 5.18. The molecule has 0 spiro atoms. The third-order valence-electron chi connectivity index (χ3n) is 3.04. The smallest absolute Gasteiger partial charge is 0.305 e. The molecule has 5 atom stereocenters. The van der Waals surface area contributed by atoms with E-state index in [0.29, 0.717) is 0 Å². The minimum Gasteiger partial charge on any atom is -0.463 e. The third kappa shape index (κ3) is 5.78. The average molecular weight is 347 g/mol. The van der Waals surface area contributed by atoms with Crippen molar-refractivity contribution < 1.29 is 42.9 Å². The number of ether oxygens (including phenoxy) is 5. The Bertz CT molecular complexity index is 504. The zero-order chi connectivity index (χ0) is 18.4. The van der Waals surface area contributed by atoms with Gasteiger partial charge < -0.3 is 29.4 Å². The molecule has 0 radical (unpaired) electrons. The third-order valence-corrected chi connectivity index (χ3v) is 3.04. The fraction of sp³-hybridized carbons (Fsp3) is 0.714. The predicted octanol–water partition coefficient (Wildman–Crippen LogP) is -0.972. The van der Waals surface area contributed by atoms with E-state index in [-0.39, 0.29) is 6.61 Å². The summed E-state index contributed by atoms with van der Waals surface area (Å²) < 4.78 is 25.4. The Hall–Kier alpha value is -2.20. The molecule has 2 N–H and O–H groups in total. The quantitative estimate of drug-likeness (QED) is 0.487. The number of rotatable bonds is 5. The zero-order valence-corrected chi connectivity index (χ0v) is 13.8. The van der Waals surface area contributed by atoms with Crippen LogP contribution in [0.2, 0.25) is 0 Å². The minimum absolute atomic E-state index is 0.286. The molecule has 0 amide bonds. The van der Waals surface area contributed by atoms with Crippen molar-refractivity contribution in [1.29, 1.82) is 0 Å². The molecule has 1 rings (SSSR count). The van der Waals surface area contributed by atoms with E-state index in [9.17, 15) is 19.2 Å². The first kappa shape index (κ1) is 19.8. The molecule has 0 bridgehead atoms. The fourth-order valence-corrected chi connectivity index (χ4v) is 2.21. The lowest BCUT2D eigenvalue weighted by atomic mass is 9.96. The van der Waals surface area contributed by atoms with Gasteiger partial charge in [-0.3, -0.25) is 19.2 Å². The Morgan fingerprint density at radius 2 is 1.33 bits per heavy atom. The SMILES string of the molecule is CC(=O)OCC1OC(OC(C)=O)C(OC(C)=O)C(N)C1OC(C)=O. The topological polar surface area (TPSA) is 140 Å². The number of hydrogen-bond donors (Lipinski definition) is 1.